The maximum atomic E-state index is 12.5. The van der Waals surface area contributed by atoms with Crippen molar-refractivity contribution in [1.82, 2.24) is 5.32 Å². The van der Waals surface area contributed by atoms with Gasteiger partial charge in [-0.2, -0.15) is 0 Å². The fourth-order valence-corrected chi connectivity index (χ4v) is 13.6. The molecule has 126 valence electrons. The van der Waals surface area contributed by atoms with Gasteiger partial charge in [0.25, 0.3) is 0 Å². The summed E-state index contributed by atoms with van der Waals surface area (Å²) < 4.78 is 0. The van der Waals surface area contributed by atoms with Gasteiger partial charge in [-0.3, -0.25) is 4.79 Å². The molecule has 0 unspecified atom stereocenters. The van der Waals surface area contributed by atoms with Gasteiger partial charge in [0, 0.05) is 11.0 Å². The van der Waals surface area contributed by atoms with Crippen LogP contribution in [0.4, 0.5) is 0 Å². The van der Waals surface area contributed by atoms with Gasteiger partial charge in [-0.15, -0.1) is 6.58 Å². The summed E-state index contributed by atoms with van der Waals surface area (Å²) in [6, 6.07) is 11.0. The van der Waals surface area contributed by atoms with Crippen molar-refractivity contribution in [3.63, 3.8) is 0 Å². The molecule has 23 heavy (non-hydrogen) atoms. The van der Waals surface area contributed by atoms with Gasteiger partial charge in [0.15, 0.2) is 0 Å². The van der Waals surface area contributed by atoms with Crippen molar-refractivity contribution in [1.29, 1.82) is 0 Å². The van der Waals surface area contributed by atoms with Crippen molar-refractivity contribution >= 4 is 19.2 Å². The molecule has 0 spiro atoms. The minimum atomic E-state index is -2.06. The molecule has 3 heteroatoms. The highest BCUT2D eigenvalue weighted by Gasteiger charge is 2.64. The predicted molar refractivity (Wildman–Crippen MR) is 102 cm³/mol. The van der Waals surface area contributed by atoms with Crippen molar-refractivity contribution in [2.75, 3.05) is 0 Å². The summed E-state index contributed by atoms with van der Waals surface area (Å²) in [6.07, 6.45) is 1.96. The fraction of sp³-hybridized carbons (Fsp3) is 0.550. The molecule has 1 aliphatic heterocycles. The zero-order valence-electron chi connectivity index (χ0n) is 15.4. The average Bonchev–Trinajstić information content (AvgIpc) is 2.73. The van der Waals surface area contributed by atoms with Gasteiger partial charge >= 0.3 is 0 Å². The van der Waals surface area contributed by atoms with Gasteiger partial charge in [0.2, 0.25) is 5.91 Å². The summed E-state index contributed by atoms with van der Waals surface area (Å²) in [5.74, 6) is 0.175. The Kier molecular flexibility index (Phi) is 4.91. The molecule has 1 aromatic rings. The van der Waals surface area contributed by atoms with Crippen LogP contribution >= 0.6 is 0 Å². The maximum Gasteiger partial charge on any atom is 0.223 e. The van der Waals surface area contributed by atoms with Crippen LogP contribution in [0.5, 0.6) is 0 Å². The first-order chi connectivity index (χ1) is 10.7. The SMILES string of the molecule is C=C[C@@H]1NC(=O)[C@H](C)[C@@]1(C)[Si](c1ccccc1)(C(C)C)C(C)C. The number of rotatable bonds is 5. The summed E-state index contributed by atoms with van der Waals surface area (Å²) >= 11 is 0. The number of amides is 1. The van der Waals surface area contributed by atoms with Crippen LogP contribution in [-0.2, 0) is 4.79 Å². The van der Waals surface area contributed by atoms with Crippen molar-refractivity contribution < 1.29 is 4.79 Å². The molecule has 1 heterocycles. The van der Waals surface area contributed by atoms with E-state index in [1.54, 1.807) is 0 Å². The highest BCUT2D eigenvalue weighted by Crippen LogP contribution is 2.59. The Hall–Kier alpha value is -1.35. The Morgan fingerprint density at radius 2 is 1.70 bits per heavy atom. The Labute approximate surface area is 142 Å². The Bertz CT molecular complexity index is 573. The molecule has 2 rings (SSSR count). The average molecular weight is 330 g/mol. The molecule has 1 fully saturated rings. The van der Waals surface area contributed by atoms with Crippen LogP contribution in [0.25, 0.3) is 0 Å². The van der Waals surface area contributed by atoms with E-state index in [4.69, 9.17) is 0 Å². The van der Waals surface area contributed by atoms with Crippen LogP contribution in [0.2, 0.25) is 16.1 Å². The molecule has 3 atom stereocenters. The summed E-state index contributed by atoms with van der Waals surface area (Å²) in [5, 5.41) is 4.58. The molecular formula is C20H31NOSi. The Morgan fingerprint density at radius 1 is 1.17 bits per heavy atom. The lowest BCUT2D eigenvalue weighted by atomic mass is 9.92. The van der Waals surface area contributed by atoms with E-state index in [1.165, 1.54) is 5.19 Å². The summed E-state index contributed by atoms with van der Waals surface area (Å²) in [6.45, 7) is 17.9. The first-order valence-corrected chi connectivity index (χ1v) is 10.9. The van der Waals surface area contributed by atoms with Crippen LogP contribution in [-0.4, -0.2) is 20.0 Å². The lowest BCUT2D eigenvalue weighted by Gasteiger charge is -2.54. The topological polar surface area (TPSA) is 29.1 Å². The number of carbonyl (C=O) groups excluding carboxylic acids is 1. The third kappa shape index (κ3) is 2.32. The molecule has 0 aromatic heterocycles. The van der Waals surface area contributed by atoms with Crippen molar-refractivity contribution in [3.05, 3.63) is 43.0 Å². The second-order valence-electron chi connectivity index (χ2n) is 7.77. The van der Waals surface area contributed by atoms with E-state index in [0.29, 0.717) is 11.1 Å². The molecule has 1 aromatic carbocycles. The number of hydrogen-bond acceptors (Lipinski definition) is 1. The van der Waals surface area contributed by atoms with E-state index in [0.717, 1.165) is 0 Å². The standard InChI is InChI=1S/C20H31NOSi/c1-8-18-20(7,16(6)19(22)21-18)23(14(2)3,15(4)5)17-12-10-9-11-13-17/h8-16,18H,1H2,2-7H3,(H,21,22)/t16-,18-,20+/m0/s1. The molecule has 0 aliphatic carbocycles. The molecule has 0 radical (unpaired) electrons. The molecule has 1 saturated heterocycles. The van der Waals surface area contributed by atoms with E-state index in [2.05, 4.69) is 83.8 Å². The first kappa shape index (κ1) is 18.0. The number of carbonyl (C=O) groups is 1. The van der Waals surface area contributed by atoms with Crippen molar-refractivity contribution in [3.8, 4) is 0 Å². The van der Waals surface area contributed by atoms with Gasteiger partial charge in [-0.1, -0.05) is 83.1 Å². The molecule has 0 saturated carbocycles. The van der Waals surface area contributed by atoms with E-state index < -0.39 is 8.07 Å². The van der Waals surface area contributed by atoms with E-state index >= 15 is 0 Å². The highest BCUT2D eigenvalue weighted by atomic mass is 28.3. The highest BCUT2D eigenvalue weighted by molar-refractivity contribution is 6.96. The molecule has 1 amide bonds. The third-order valence-corrected chi connectivity index (χ3v) is 13.9. The fourth-order valence-electron chi connectivity index (χ4n) is 5.49. The van der Waals surface area contributed by atoms with Crippen LogP contribution in [0, 0.1) is 5.92 Å². The smallest absolute Gasteiger partial charge is 0.223 e. The monoisotopic (exact) mass is 329 g/mol. The zero-order valence-corrected chi connectivity index (χ0v) is 16.4. The first-order valence-electron chi connectivity index (χ1n) is 8.73. The van der Waals surface area contributed by atoms with Gasteiger partial charge in [-0.05, 0) is 11.1 Å². The van der Waals surface area contributed by atoms with Crippen LogP contribution in [0.3, 0.4) is 0 Å². The largest absolute Gasteiger partial charge is 0.349 e. The molecule has 1 N–H and O–H groups in total. The van der Waals surface area contributed by atoms with Crippen molar-refractivity contribution in [2.24, 2.45) is 5.92 Å². The van der Waals surface area contributed by atoms with Gasteiger partial charge < -0.3 is 5.32 Å². The number of benzene rings is 1. The van der Waals surface area contributed by atoms with Gasteiger partial charge in [0.1, 0.15) is 8.07 Å². The second-order valence-corrected chi connectivity index (χ2v) is 13.5. The van der Waals surface area contributed by atoms with Gasteiger partial charge in [0.05, 0.1) is 6.04 Å². The molecule has 2 nitrogen and oxygen atoms in total. The number of hydrogen-bond donors (Lipinski definition) is 1. The molecule has 0 bridgehead atoms. The predicted octanol–water partition coefficient (Wildman–Crippen LogP) is 4.24. The lowest BCUT2D eigenvalue weighted by molar-refractivity contribution is -0.122. The van der Waals surface area contributed by atoms with E-state index in [9.17, 15) is 4.79 Å². The summed E-state index contributed by atoms with van der Waals surface area (Å²) in [7, 11) is -2.06. The normalized spacial score (nSPS) is 28.3. The second kappa shape index (κ2) is 6.27. The van der Waals surface area contributed by atoms with Gasteiger partial charge in [-0.25, -0.2) is 0 Å². The maximum absolute atomic E-state index is 12.5. The third-order valence-electron chi connectivity index (χ3n) is 6.44. The zero-order chi connectivity index (χ0) is 17.4. The Balaban J connectivity index is 2.81. The van der Waals surface area contributed by atoms with Crippen LogP contribution in [0.15, 0.2) is 43.0 Å². The summed E-state index contributed by atoms with van der Waals surface area (Å²) in [5.41, 5.74) is 1.07. The van der Waals surface area contributed by atoms with E-state index in [1.807, 2.05) is 6.08 Å². The lowest BCUT2D eigenvalue weighted by Crippen LogP contribution is -2.65. The minimum absolute atomic E-state index is 0.00201. The Morgan fingerprint density at radius 3 is 2.13 bits per heavy atom. The van der Waals surface area contributed by atoms with Crippen molar-refractivity contribution in [2.45, 2.75) is 63.7 Å². The molecule has 1 aliphatic rings. The van der Waals surface area contributed by atoms with Crippen LogP contribution in [0.1, 0.15) is 41.5 Å². The molecular weight excluding hydrogens is 298 g/mol. The van der Waals surface area contributed by atoms with E-state index in [-0.39, 0.29) is 22.9 Å². The van der Waals surface area contributed by atoms with Crippen LogP contribution < -0.4 is 10.5 Å². The summed E-state index contributed by atoms with van der Waals surface area (Å²) in [4.78, 5) is 12.5. The number of nitrogens with one attached hydrogen (secondary N) is 1. The quantitative estimate of drug-likeness (QED) is 0.635. The minimum Gasteiger partial charge on any atom is -0.349 e.